The Kier molecular flexibility index (Phi) is 5.91. The predicted molar refractivity (Wildman–Crippen MR) is 109 cm³/mol. The van der Waals surface area contributed by atoms with E-state index < -0.39 is 35.6 Å². The van der Waals surface area contributed by atoms with Crippen LogP contribution in [0.25, 0.3) is 10.8 Å². The Morgan fingerprint density at radius 1 is 1.07 bits per heavy atom. The molecule has 1 aromatic heterocycles. The van der Waals surface area contributed by atoms with Gasteiger partial charge >= 0.3 is 5.97 Å². The Balaban J connectivity index is 1.68. The number of hydrogen-bond donors (Lipinski definition) is 2. The molecule has 1 unspecified atom stereocenters. The summed E-state index contributed by atoms with van der Waals surface area (Å²) in [6.45, 7) is 2.22. The number of esters is 1. The van der Waals surface area contributed by atoms with E-state index in [2.05, 4.69) is 10.4 Å². The summed E-state index contributed by atoms with van der Waals surface area (Å²) in [5.74, 6) is -1.63. The number of aromatic nitrogens is 2. The van der Waals surface area contributed by atoms with Gasteiger partial charge in [-0.15, -0.1) is 0 Å². The molecule has 0 saturated heterocycles. The first-order chi connectivity index (χ1) is 14.3. The zero-order valence-electron chi connectivity index (χ0n) is 16.3. The largest absolute Gasteiger partial charge is 0.451 e. The highest BCUT2D eigenvalue weighted by Gasteiger charge is 2.19. The molecule has 0 aliphatic carbocycles. The molecule has 0 radical (unpaired) electrons. The minimum atomic E-state index is -1.17. The number of Topliss-reactive ketones (excluding diaryl/α,β-unsaturated/α-hetero) is 1. The molecule has 2 aromatic carbocycles. The molecule has 0 spiro atoms. The van der Waals surface area contributed by atoms with E-state index in [0.717, 1.165) is 4.68 Å². The van der Waals surface area contributed by atoms with Crippen molar-refractivity contribution in [2.24, 2.45) is 0 Å². The normalized spacial score (nSPS) is 11.7. The highest BCUT2D eigenvalue weighted by Crippen LogP contribution is 2.12. The SMILES string of the molecule is CC(=O)c1cccc(NC(=O)C(C)OC(=O)Cn2[nH]c(=O)c3ccccc3c2=O)c1. The molecule has 9 nitrogen and oxygen atoms in total. The number of aromatic amines is 1. The molecular formula is C21H19N3O6. The number of fused-ring (bicyclic) bond motifs is 1. The molecule has 0 bridgehead atoms. The van der Waals surface area contributed by atoms with E-state index in [4.69, 9.17) is 4.74 Å². The maximum atomic E-state index is 12.4. The quantitative estimate of drug-likeness (QED) is 0.469. The molecule has 1 atom stereocenters. The lowest BCUT2D eigenvalue weighted by atomic mass is 10.1. The van der Waals surface area contributed by atoms with Crippen LogP contribution in [0, 0.1) is 0 Å². The molecule has 1 amide bonds. The zero-order chi connectivity index (χ0) is 21.8. The van der Waals surface area contributed by atoms with Crippen LogP contribution in [0.15, 0.2) is 58.1 Å². The van der Waals surface area contributed by atoms with Crippen LogP contribution in [0.4, 0.5) is 5.69 Å². The van der Waals surface area contributed by atoms with Crippen molar-refractivity contribution in [2.75, 3.05) is 5.32 Å². The van der Waals surface area contributed by atoms with E-state index in [9.17, 15) is 24.0 Å². The smallest absolute Gasteiger partial charge is 0.328 e. The maximum absolute atomic E-state index is 12.4. The Morgan fingerprint density at radius 2 is 1.77 bits per heavy atom. The molecule has 154 valence electrons. The summed E-state index contributed by atoms with van der Waals surface area (Å²) < 4.78 is 5.91. The van der Waals surface area contributed by atoms with Gasteiger partial charge < -0.3 is 10.1 Å². The number of nitrogens with zero attached hydrogens (tertiary/aromatic N) is 1. The zero-order valence-corrected chi connectivity index (χ0v) is 16.3. The lowest BCUT2D eigenvalue weighted by Crippen LogP contribution is -2.36. The van der Waals surface area contributed by atoms with Gasteiger partial charge in [0.05, 0.1) is 10.8 Å². The fourth-order valence-corrected chi connectivity index (χ4v) is 2.83. The maximum Gasteiger partial charge on any atom is 0.328 e. The number of H-pyrrole nitrogens is 1. The van der Waals surface area contributed by atoms with Crippen molar-refractivity contribution in [3.05, 3.63) is 74.8 Å². The van der Waals surface area contributed by atoms with Crippen LogP contribution in [0.3, 0.4) is 0 Å². The second kappa shape index (κ2) is 8.56. The molecule has 2 N–H and O–H groups in total. The fraction of sp³-hybridized carbons (Fsp3) is 0.190. The molecule has 0 fully saturated rings. The van der Waals surface area contributed by atoms with Gasteiger partial charge in [-0.25, -0.2) is 4.68 Å². The molecule has 0 saturated carbocycles. The summed E-state index contributed by atoms with van der Waals surface area (Å²) in [5, 5.41) is 5.27. The number of rotatable bonds is 6. The van der Waals surface area contributed by atoms with Crippen LogP contribution in [-0.4, -0.2) is 33.5 Å². The number of ketones is 1. The first-order valence-corrected chi connectivity index (χ1v) is 9.09. The fourth-order valence-electron chi connectivity index (χ4n) is 2.83. The second-order valence-corrected chi connectivity index (χ2v) is 6.64. The summed E-state index contributed by atoms with van der Waals surface area (Å²) in [6, 6.07) is 12.6. The third-order valence-electron chi connectivity index (χ3n) is 4.39. The van der Waals surface area contributed by atoms with Crippen LogP contribution >= 0.6 is 0 Å². The van der Waals surface area contributed by atoms with E-state index >= 15 is 0 Å². The number of ether oxygens (including phenoxy) is 1. The van der Waals surface area contributed by atoms with Gasteiger partial charge in [0.1, 0.15) is 6.54 Å². The molecule has 3 rings (SSSR count). The van der Waals surface area contributed by atoms with Gasteiger partial charge in [0, 0.05) is 11.3 Å². The monoisotopic (exact) mass is 409 g/mol. The molecule has 1 heterocycles. The van der Waals surface area contributed by atoms with E-state index in [-0.39, 0.29) is 16.6 Å². The van der Waals surface area contributed by atoms with Crippen LogP contribution in [0.2, 0.25) is 0 Å². The van der Waals surface area contributed by atoms with E-state index in [1.165, 1.54) is 32.0 Å². The average Bonchev–Trinajstić information content (AvgIpc) is 2.72. The van der Waals surface area contributed by atoms with Gasteiger partial charge in [0.15, 0.2) is 11.9 Å². The molecule has 0 aliphatic rings. The number of nitrogens with one attached hydrogen (secondary N) is 2. The van der Waals surface area contributed by atoms with Crippen LogP contribution in [0.1, 0.15) is 24.2 Å². The van der Waals surface area contributed by atoms with Gasteiger partial charge in [-0.05, 0) is 38.1 Å². The van der Waals surface area contributed by atoms with Crippen molar-refractivity contribution in [2.45, 2.75) is 26.5 Å². The first kappa shape index (κ1) is 20.7. The summed E-state index contributed by atoms with van der Waals surface area (Å²) in [6.07, 6.45) is -1.17. The minimum absolute atomic E-state index is 0.152. The first-order valence-electron chi connectivity index (χ1n) is 9.09. The van der Waals surface area contributed by atoms with E-state index in [1.807, 2.05) is 0 Å². The van der Waals surface area contributed by atoms with Crippen LogP contribution in [-0.2, 0) is 20.9 Å². The van der Waals surface area contributed by atoms with Gasteiger partial charge in [0.25, 0.3) is 17.0 Å². The number of amides is 1. The van der Waals surface area contributed by atoms with Crippen molar-refractivity contribution in [1.82, 2.24) is 9.78 Å². The lowest BCUT2D eigenvalue weighted by Gasteiger charge is -2.14. The Labute approximate surface area is 170 Å². The number of carbonyl (C=O) groups excluding carboxylic acids is 3. The van der Waals surface area contributed by atoms with Gasteiger partial charge in [-0.3, -0.25) is 29.1 Å². The van der Waals surface area contributed by atoms with Gasteiger partial charge in [-0.2, -0.15) is 0 Å². The van der Waals surface area contributed by atoms with Crippen LogP contribution in [0.5, 0.6) is 0 Å². The van der Waals surface area contributed by atoms with Crippen molar-refractivity contribution in [1.29, 1.82) is 0 Å². The predicted octanol–water partition coefficient (Wildman–Crippen LogP) is 1.46. The summed E-state index contributed by atoms with van der Waals surface area (Å²) in [5.41, 5.74) is -0.266. The third kappa shape index (κ3) is 4.52. The lowest BCUT2D eigenvalue weighted by molar-refractivity contribution is -0.154. The molecule has 0 aliphatic heterocycles. The Morgan fingerprint density at radius 3 is 2.47 bits per heavy atom. The summed E-state index contributed by atoms with van der Waals surface area (Å²) in [4.78, 5) is 60.4. The molecule has 3 aromatic rings. The molecular weight excluding hydrogens is 390 g/mol. The van der Waals surface area contributed by atoms with Crippen molar-refractivity contribution < 1.29 is 19.1 Å². The average molecular weight is 409 g/mol. The number of carbonyl (C=O) groups is 3. The second-order valence-electron chi connectivity index (χ2n) is 6.64. The minimum Gasteiger partial charge on any atom is -0.451 e. The molecule has 9 heteroatoms. The van der Waals surface area contributed by atoms with Gasteiger partial charge in [0.2, 0.25) is 0 Å². The Hall–Kier alpha value is -4.01. The highest BCUT2D eigenvalue weighted by molar-refractivity contribution is 5.98. The number of hydrogen-bond acceptors (Lipinski definition) is 6. The van der Waals surface area contributed by atoms with Gasteiger partial charge in [-0.1, -0.05) is 24.3 Å². The topological polar surface area (TPSA) is 127 Å². The van der Waals surface area contributed by atoms with Crippen molar-refractivity contribution in [3.63, 3.8) is 0 Å². The summed E-state index contributed by atoms with van der Waals surface area (Å²) in [7, 11) is 0. The number of benzene rings is 2. The number of anilines is 1. The van der Waals surface area contributed by atoms with E-state index in [1.54, 1.807) is 30.3 Å². The van der Waals surface area contributed by atoms with Crippen LogP contribution < -0.4 is 16.4 Å². The van der Waals surface area contributed by atoms with E-state index in [0.29, 0.717) is 11.3 Å². The van der Waals surface area contributed by atoms with Crippen molar-refractivity contribution >= 4 is 34.1 Å². The highest BCUT2D eigenvalue weighted by atomic mass is 16.5. The standard InChI is InChI=1S/C21H19N3O6/c1-12(25)14-6-5-7-15(10-14)22-19(27)13(2)30-18(26)11-24-21(29)17-9-4-3-8-16(17)20(28)23-24/h3-10,13H,11H2,1-2H3,(H,22,27)(H,23,28). The molecule has 30 heavy (non-hydrogen) atoms. The third-order valence-corrected chi connectivity index (χ3v) is 4.39. The van der Waals surface area contributed by atoms with Crippen molar-refractivity contribution in [3.8, 4) is 0 Å². The Bertz CT molecular complexity index is 1260. The summed E-state index contributed by atoms with van der Waals surface area (Å²) >= 11 is 0.